The Bertz CT molecular complexity index is 392. The number of benzene rings is 1. The molecule has 15 heavy (non-hydrogen) atoms. The van der Waals surface area contributed by atoms with Gasteiger partial charge in [-0.15, -0.1) is 0 Å². The van der Waals surface area contributed by atoms with Crippen molar-refractivity contribution >= 4 is 17.3 Å². The maximum Gasteiger partial charge on any atom is 0.112 e. The molecule has 0 saturated carbocycles. The first-order chi connectivity index (χ1) is 7.19. The van der Waals surface area contributed by atoms with Crippen molar-refractivity contribution < 1.29 is 4.84 Å². The highest BCUT2D eigenvalue weighted by atomic mass is 35.5. The van der Waals surface area contributed by atoms with E-state index in [1.54, 1.807) is 19.1 Å². The SMILES string of the molecule is CO/N=C(\C)C(C#N)c1ccc(Cl)cc1. The number of rotatable bonds is 3. The zero-order valence-corrected chi connectivity index (χ0v) is 9.32. The summed E-state index contributed by atoms with van der Waals surface area (Å²) < 4.78 is 0. The average Bonchev–Trinajstić information content (AvgIpc) is 2.22. The fourth-order valence-electron chi connectivity index (χ4n) is 1.26. The molecule has 4 heteroatoms. The molecule has 0 heterocycles. The van der Waals surface area contributed by atoms with Crippen LogP contribution in [0.5, 0.6) is 0 Å². The van der Waals surface area contributed by atoms with E-state index in [2.05, 4.69) is 16.1 Å². The minimum absolute atomic E-state index is 0.387. The van der Waals surface area contributed by atoms with Crippen LogP contribution in [0.15, 0.2) is 29.4 Å². The minimum Gasteiger partial charge on any atom is -0.399 e. The molecule has 1 aromatic carbocycles. The fourth-order valence-corrected chi connectivity index (χ4v) is 1.39. The average molecular weight is 223 g/mol. The van der Waals surface area contributed by atoms with Crippen LogP contribution in [0.3, 0.4) is 0 Å². The van der Waals surface area contributed by atoms with Gasteiger partial charge in [0.1, 0.15) is 13.0 Å². The minimum atomic E-state index is -0.387. The van der Waals surface area contributed by atoms with E-state index in [9.17, 15) is 0 Å². The van der Waals surface area contributed by atoms with Crippen LogP contribution in [0.4, 0.5) is 0 Å². The lowest BCUT2D eigenvalue weighted by Crippen LogP contribution is -2.07. The van der Waals surface area contributed by atoms with Gasteiger partial charge in [-0.3, -0.25) is 0 Å². The molecule has 0 aliphatic rings. The van der Waals surface area contributed by atoms with E-state index in [4.69, 9.17) is 16.9 Å². The zero-order chi connectivity index (χ0) is 11.3. The molecule has 1 unspecified atom stereocenters. The molecule has 0 bridgehead atoms. The largest absolute Gasteiger partial charge is 0.399 e. The molecule has 0 spiro atoms. The Labute approximate surface area is 93.9 Å². The Morgan fingerprint density at radius 3 is 2.53 bits per heavy atom. The maximum absolute atomic E-state index is 9.03. The van der Waals surface area contributed by atoms with E-state index in [-0.39, 0.29) is 5.92 Å². The summed E-state index contributed by atoms with van der Waals surface area (Å²) in [6.07, 6.45) is 0. The molecule has 0 aromatic heterocycles. The van der Waals surface area contributed by atoms with Gasteiger partial charge in [-0.1, -0.05) is 28.9 Å². The third-order valence-corrected chi connectivity index (χ3v) is 2.24. The van der Waals surface area contributed by atoms with Gasteiger partial charge in [0.15, 0.2) is 0 Å². The monoisotopic (exact) mass is 222 g/mol. The smallest absolute Gasteiger partial charge is 0.112 e. The van der Waals surface area contributed by atoms with Crippen molar-refractivity contribution in [2.75, 3.05) is 7.11 Å². The lowest BCUT2D eigenvalue weighted by molar-refractivity contribution is 0.212. The Hall–Kier alpha value is -1.53. The van der Waals surface area contributed by atoms with Gasteiger partial charge in [0.25, 0.3) is 0 Å². The van der Waals surface area contributed by atoms with Crippen molar-refractivity contribution in [1.82, 2.24) is 0 Å². The van der Waals surface area contributed by atoms with Gasteiger partial charge in [-0.2, -0.15) is 5.26 Å². The standard InChI is InChI=1S/C11H11ClN2O/c1-8(14-15-2)11(7-13)9-3-5-10(12)6-4-9/h3-6,11H,1-2H3/b14-8+. The number of hydrogen-bond donors (Lipinski definition) is 0. The lowest BCUT2D eigenvalue weighted by Gasteiger charge is -2.08. The molecule has 78 valence electrons. The van der Waals surface area contributed by atoms with Gasteiger partial charge in [-0.05, 0) is 24.6 Å². The number of nitrogens with zero attached hydrogens (tertiary/aromatic N) is 2. The molecule has 0 aliphatic carbocycles. The second-order valence-electron chi connectivity index (χ2n) is 3.03. The molecule has 0 aliphatic heterocycles. The van der Waals surface area contributed by atoms with Crippen LogP contribution in [0, 0.1) is 11.3 Å². The summed E-state index contributed by atoms with van der Waals surface area (Å²) in [7, 11) is 1.46. The predicted octanol–water partition coefficient (Wildman–Crippen LogP) is 2.97. The molecule has 0 radical (unpaired) electrons. The van der Waals surface area contributed by atoms with E-state index < -0.39 is 0 Å². The number of halogens is 1. The summed E-state index contributed by atoms with van der Waals surface area (Å²) in [4.78, 5) is 4.64. The quantitative estimate of drug-likeness (QED) is 0.583. The highest BCUT2D eigenvalue weighted by Crippen LogP contribution is 2.19. The first kappa shape index (κ1) is 11.5. The second-order valence-corrected chi connectivity index (χ2v) is 3.47. The lowest BCUT2D eigenvalue weighted by atomic mass is 9.97. The summed E-state index contributed by atoms with van der Waals surface area (Å²) in [5, 5.41) is 13.4. The van der Waals surface area contributed by atoms with Gasteiger partial charge in [-0.25, -0.2) is 0 Å². The van der Waals surface area contributed by atoms with Crippen molar-refractivity contribution in [2.24, 2.45) is 5.16 Å². The molecule has 1 rings (SSSR count). The van der Waals surface area contributed by atoms with E-state index in [0.717, 1.165) is 5.56 Å². The third-order valence-electron chi connectivity index (χ3n) is 1.99. The van der Waals surface area contributed by atoms with Crippen LogP contribution in [0.25, 0.3) is 0 Å². The summed E-state index contributed by atoms with van der Waals surface area (Å²) in [6, 6.07) is 9.29. The van der Waals surface area contributed by atoms with Crippen LogP contribution in [0.1, 0.15) is 18.4 Å². The first-order valence-electron chi connectivity index (χ1n) is 4.41. The number of oxime groups is 1. The molecular formula is C11H11ClN2O. The summed E-state index contributed by atoms with van der Waals surface area (Å²) in [5.74, 6) is -0.387. The number of nitriles is 1. The van der Waals surface area contributed by atoms with Crippen LogP contribution in [0.2, 0.25) is 5.02 Å². The Kier molecular flexibility index (Phi) is 4.14. The molecule has 1 aromatic rings. The maximum atomic E-state index is 9.03. The molecule has 0 N–H and O–H groups in total. The molecule has 0 saturated heterocycles. The fraction of sp³-hybridized carbons (Fsp3) is 0.273. The number of hydrogen-bond acceptors (Lipinski definition) is 3. The van der Waals surface area contributed by atoms with Gasteiger partial charge < -0.3 is 4.84 Å². The molecule has 0 fully saturated rings. The van der Waals surface area contributed by atoms with Gasteiger partial charge in [0.2, 0.25) is 0 Å². The topological polar surface area (TPSA) is 45.4 Å². The van der Waals surface area contributed by atoms with Gasteiger partial charge in [0.05, 0.1) is 11.8 Å². The Morgan fingerprint density at radius 2 is 2.07 bits per heavy atom. The summed E-state index contributed by atoms with van der Waals surface area (Å²) >= 11 is 5.76. The van der Waals surface area contributed by atoms with Crippen molar-refractivity contribution in [2.45, 2.75) is 12.8 Å². The van der Waals surface area contributed by atoms with Crippen LogP contribution in [-0.4, -0.2) is 12.8 Å². The Balaban J connectivity index is 2.99. The van der Waals surface area contributed by atoms with Crippen LogP contribution < -0.4 is 0 Å². The molecular weight excluding hydrogens is 212 g/mol. The van der Waals surface area contributed by atoms with Crippen molar-refractivity contribution in [1.29, 1.82) is 5.26 Å². The van der Waals surface area contributed by atoms with E-state index >= 15 is 0 Å². The first-order valence-corrected chi connectivity index (χ1v) is 4.79. The van der Waals surface area contributed by atoms with E-state index in [1.165, 1.54) is 7.11 Å². The van der Waals surface area contributed by atoms with E-state index in [1.807, 2.05) is 12.1 Å². The molecule has 3 nitrogen and oxygen atoms in total. The van der Waals surface area contributed by atoms with Crippen molar-refractivity contribution in [3.8, 4) is 6.07 Å². The van der Waals surface area contributed by atoms with Crippen molar-refractivity contribution in [3.63, 3.8) is 0 Å². The zero-order valence-electron chi connectivity index (χ0n) is 8.57. The highest BCUT2D eigenvalue weighted by molar-refractivity contribution is 6.30. The van der Waals surface area contributed by atoms with Gasteiger partial charge in [0, 0.05) is 5.02 Å². The van der Waals surface area contributed by atoms with Crippen molar-refractivity contribution in [3.05, 3.63) is 34.9 Å². The van der Waals surface area contributed by atoms with Gasteiger partial charge >= 0.3 is 0 Å². The molecule has 0 amide bonds. The van der Waals surface area contributed by atoms with Crippen LogP contribution >= 0.6 is 11.6 Å². The highest BCUT2D eigenvalue weighted by Gasteiger charge is 2.14. The Morgan fingerprint density at radius 1 is 1.47 bits per heavy atom. The molecule has 1 atom stereocenters. The summed E-state index contributed by atoms with van der Waals surface area (Å²) in [6.45, 7) is 1.76. The summed E-state index contributed by atoms with van der Waals surface area (Å²) in [5.41, 5.74) is 1.49. The van der Waals surface area contributed by atoms with E-state index in [0.29, 0.717) is 10.7 Å². The predicted molar refractivity (Wildman–Crippen MR) is 59.9 cm³/mol. The second kappa shape index (κ2) is 5.38. The van der Waals surface area contributed by atoms with Crippen LogP contribution in [-0.2, 0) is 4.84 Å². The third kappa shape index (κ3) is 2.97. The normalized spacial score (nSPS) is 13.1.